The molecule has 3 nitrogen and oxygen atoms in total. The van der Waals surface area contributed by atoms with Crippen LogP contribution in [-0.2, 0) is 0 Å². The minimum atomic E-state index is -0.0455. The van der Waals surface area contributed by atoms with E-state index in [1.165, 1.54) is 0 Å². The second-order valence-corrected chi connectivity index (χ2v) is 5.46. The predicted molar refractivity (Wildman–Crippen MR) is 75.7 cm³/mol. The third kappa shape index (κ3) is 2.98. The molecule has 1 aliphatic rings. The smallest absolute Gasteiger partial charge is 0.183 e. The molecule has 1 fully saturated rings. The molecule has 92 valence electrons. The topological polar surface area (TPSA) is 38.3 Å². The normalized spacial score (nSPS) is 20.0. The number of carbonyl (C=O) groups excluding carboxylic acids is 1. The Morgan fingerprint density at radius 1 is 1.47 bits per heavy atom. The Balaban J connectivity index is 2.25. The molecule has 4 heteroatoms. The van der Waals surface area contributed by atoms with Crippen molar-refractivity contribution in [3.8, 4) is 5.75 Å². The van der Waals surface area contributed by atoms with Gasteiger partial charge >= 0.3 is 0 Å². The van der Waals surface area contributed by atoms with Crippen molar-refractivity contribution in [3.05, 3.63) is 27.3 Å². The van der Waals surface area contributed by atoms with E-state index in [0.717, 1.165) is 29.4 Å². The number of benzene rings is 1. The van der Waals surface area contributed by atoms with Crippen molar-refractivity contribution in [1.82, 2.24) is 5.32 Å². The Morgan fingerprint density at radius 2 is 2.29 bits per heavy atom. The molecule has 0 saturated carbocycles. The van der Waals surface area contributed by atoms with Crippen LogP contribution in [0.4, 0.5) is 0 Å². The highest BCUT2D eigenvalue weighted by Crippen LogP contribution is 2.24. The first-order valence-electron chi connectivity index (χ1n) is 5.83. The fourth-order valence-electron chi connectivity index (χ4n) is 2.14. The first-order chi connectivity index (χ1) is 8.22. The zero-order chi connectivity index (χ0) is 12.3. The van der Waals surface area contributed by atoms with E-state index in [2.05, 4.69) is 27.9 Å². The summed E-state index contributed by atoms with van der Waals surface area (Å²) in [6.07, 6.45) is 3.20. The van der Waals surface area contributed by atoms with Crippen molar-refractivity contribution in [2.45, 2.75) is 25.3 Å². The molecular formula is C13H16INO2. The van der Waals surface area contributed by atoms with Gasteiger partial charge in [0, 0.05) is 3.57 Å². The Morgan fingerprint density at radius 3 is 2.94 bits per heavy atom. The molecule has 0 aliphatic carbocycles. The van der Waals surface area contributed by atoms with Gasteiger partial charge in [0.05, 0.1) is 18.7 Å². The van der Waals surface area contributed by atoms with Gasteiger partial charge in [0.25, 0.3) is 0 Å². The van der Waals surface area contributed by atoms with E-state index in [1.54, 1.807) is 7.11 Å². The van der Waals surface area contributed by atoms with Gasteiger partial charge in [0.1, 0.15) is 5.75 Å². The van der Waals surface area contributed by atoms with E-state index in [-0.39, 0.29) is 11.8 Å². The Bertz CT molecular complexity index is 414. The molecule has 2 rings (SSSR count). The summed E-state index contributed by atoms with van der Waals surface area (Å²) < 4.78 is 6.32. The van der Waals surface area contributed by atoms with Crippen LogP contribution in [0.2, 0.25) is 0 Å². The largest absolute Gasteiger partial charge is 0.496 e. The maximum absolute atomic E-state index is 12.4. The fraction of sp³-hybridized carbons (Fsp3) is 0.462. The van der Waals surface area contributed by atoms with Gasteiger partial charge in [-0.1, -0.05) is 6.42 Å². The van der Waals surface area contributed by atoms with E-state index in [0.29, 0.717) is 11.3 Å². The SMILES string of the molecule is COc1ccc(I)cc1C(=O)C1CCCCN1. The maximum atomic E-state index is 12.4. The van der Waals surface area contributed by atoms with Crippen LogP contribution < -0.4 is 10.1 Å². The van der Waals surface area contributed by atoms with Gasteiger partial charge in [-0.05, 0) is 60.2 Å². The third-order valence-electron chi connectivity index (χ3n) is 3.05. The quantitative estimate of drug-likeness (QED) is 0.676. The summed E-state index contributed by atoms with van der Waals surface area (Å²) in [5, 5.41) is 3.28. The Kier molecular flexibility index (Phi) is 4.39. The molecule has 0 radical (unpaired) electrons. The summed E-state index contributed by atoms with van der Waals surface area (Å²) in [6.45, 7) is 0.933. The van der Waals surface area contributed by atoms with Crippen LogP contribution in [0.1, 0.15) is 29.6 Å². The lowest BCUT2D eigenvalue weighted by atomic mass is 9.96. The monoisotopic (exact) mass is 345 g/mol. The van der Waals surface area contributed by atoms with Crippen molar-refractivity contribution in [1.29, 1.82) is 0 Å². The summed E-state index contributed by atoms with van der Waals surface area (Å²) in [5.74, 6) is 0.822. The van der Waals surface area contributed by atoms with E-state index in [9.17, 15) is 4.79 Å². The summed E-state index contributed by atoms with van der Waals surface area (Å²) in [4.78, 5) is 12.4. The number of Topliss-reactive ketones (excluding diaryl/α,β-unsaturated/α-hetero) is 1. The lowest BCUT2D eigenvalue weighted by Gasteiger charge is -2.23. The second-order valence-electron chi connectivity index (χ2n) is 4.21. The highest BCUT2D eigenvalue weighted by atomic mass is 127. The van der Waals surface area contributed by atoms with Gasteiger partial charge in [-0.3, -0.25) is 4.79 Å². The molecule has 1 heterocycles. The predicted octanol–water partition coefficient (Wildman–Crippen LogP) is 2.62. The van der Waals surface area contributed by atoms with E-state index < -0.39 is 0 Å². The highest BCUT2D eigenvalue weighted by Gasteiger charge is 2.24. The van der Waals surface area contributed by atoms with Gasteiger partial charge in [0.2, 0.25) is 0 Å². The molecule has 1 saturated heterocycles. The number of piperidine rings is 1. The molecule has 1 aromatic carbocycles. The molecule has 1 unspecified atom stereocenters. The first-order valence-corrected chi connectivity index (χ1v) is 6.91. The number of hydrogen-bond acceptors (Lipinski definition) is 3. The van der Waals surface area contributed by atoms with E-state index in [1.807, 2.05) is 18.2 Å². The van der Waals surface area contributed by atoms with Gasteiger partial charge in [-0.15, -0.1) is 0 Å². The number of rotatable bonds is 3. The summed E-state index contributed by atoms with van der Waals surface area (Å²) in [5.41, 5.74) is 0.693. The van der Waals surface area contributed by atoms with Gasteiger partial charge in [-0.2, -0.15) is 0 Å². The van der Waals surface area contributed by atoms with Crippen LogP contribution in [0.15, 0.2) is 18.2 Å². The number of ketones is 1. The fourth-order valence-corrected chi connectivity index (χ4v) is 2.63. The number of methoxy groups -OCH3 is 1. The average molecular weight is 345 g/mol. The van der Waals surface area contributed by atoms with Gasteiger partial charge < -0.3 is 10.1 Å². The lowest BCUT2D eigenvalue weighted by molar-refractivity contribution is 0.0924. The van der Waals surface area contributed by atoms with Crippen molar-refractivity contribution in [2.24, 2.45) is 0 Å². The number of ether oxygens (including phenoxy) is 1. The van der Waals surface area contributed by atoms with Gasteiger partial charge in [-0.25, -0.2) is 0 Å². The molecule has 0 bridgehead atoms. The van der Waals surface area contributed by atoms with Crippen LogP contribution in [0.5, 0.6) is 5.75 Å². The molecule has 1 atom stereocenters. The molecule has 17 heavy (non-hydrogen) atoms. The van der Waals surface area contributed by atoms with Crippen LogP contribution in [0.25, 0.3) is 0 Å². The lowest BCUT2D eigenvalue weighted by Crippen LogP contribution is -2.40. The van der Waals surface area contributed by atoms with Crippen LogP contribution in [0, 0.1) is 3.57 Å². The van der Waals surface area contributed by atoms with Gasteiger partial charge in [0.15, 0.2) is 5.78 Å². The Labute approximate surface area is 115 Å². The molecule has 1 N–H and O–H groups in total. The Hall–Kier alpha value is -0.620. The minimum absolute atomic E-state index is 0.0455. The molecule has 1 aliphatic heterocycles. The highest BCUT2D eigenvalue weighted by molar-refractivity contribution is 14.1. The molecule has 1 aromatic rings. The second kappa shape index (κ2) is 5.82. The zero-order valence-electron chi connectivity index (χ0n) is 9.83. The van der Waals surface area contributed by atoms with Crippen LogP contribution >= 0.6 is 22.6 Å². The van der Waals surface area contributed by atoms with Crippen LogP contribution in [-0.4, -0.2) is 25.5 Å². The third-order valence-corrected chi connectivity index (χ3v) is 3.72. The summed E-state index contributed by atoms with van der Waals surface area (Å²) in [7, 11) is 1.60. The maximum Gasteiger partial charge on any atom is 0.183 e. The molecule has 0 amide bonds. The number of nitrogens with one attached hydrogen (secondary N) is 1. The number of halogens is 1. The standard InChI is InChI=1S/C13H16INO2/c1-17-12-6-5-9(14)8-10(12)13(16)11-4-2-3-7-15-11/h5-6,8,11,15H,2-4,7H2,1H3. The molecule has 0 aromatic heterocycles. The van der Waals surface area contributed by atoms with E-state index >= 15 is 0 Å². The van der Waals surface area contributed by atoms with Crippen LogP contribution in [0.3, 0.4) is 0 Å². The molecule has 0 spiro atoms. The van der Waals surface area contributed by atoms with Crippen molar-refractivity contribution >= 4 is 28.4 Å². The minimum Gasteiger partial charge on any atom is -0.496 e. The first kappa shape index (κ1) is 12.8. The summed E-state index contributed by atoms with van der Waals surface area (Å²) in [6, 6.07) is 5.66. The zero-order valence-corrected chi connectivity index (χ0v) is 12.0. The van der Waals surface area contributed by atoms with Crippen molar-refractivity contribution < 1.29 is 9.53 Å². The summed E-state index contributed by atoms with van der Waals surface area (Å²) >= 11 is 2.21. The van der Waals surface area contributed by atoms with Crippen molar-refractivity contribution in [2.75, 3.05) is 13.7 Å². The number of carbonyl (C=O) groups is 1. The number of hydrogen-bond donors (Lipinski definition) is 1. The van der Waals surface area contributed by atoms with E-state index in [4.69, 9.17) is 4.74 Å². The van der Waals surface area contributed by atoms with Crippen molar-refractivity contribution in [3.63, 3.8) is 0 Å². The average Bonchev–Trinajstić information content (AvgIpc) is 2.39. The molecular weight excluding hydrogens is 329 g/mol.